The summed E-state index contributed by atoms with van der Waals surface area (Å²) in [6, 6.07) is 2.57. The highest BCUT2D eigenvalue weighted by Gasteiger charge is 2.36. The molecule has 0 spiro atoms. The van der Waals surface area contributed by atoms with Gasteiger partial charge in [0.1, 0.15) is 10.3 Å². The lowest BCUT2D eigenvalue weighted by Gasteiger charge is -2.31. The Morgan fingerprint density at radius 3 is 2.82 bits per heavy atom. The highest BCUT2D eigenvalue weighted by atomic mass is 79.9. The van der Waals surface area contributed by atoms with Crippen LogP contribution < -0.4 is 5.32 Å². The van der Waals surface area contributed by atoms with E-state index in [1.54, 1.807) is 19.1 Å². The number of thiophene rings is 1. The molecule has 2 heterocycles. The van der Waals surface area contributed by atoms with Crippen LogP contribution in [0.3, 0.4) is 0 Å². The van der Waals surface area contributed by atoms with Gasteiger partial charge >= 0.3 is 0 Å². The Labute approximate surface area is 112 Å². The van der Waals surface area contributed by atoms with Crippen molar-refractivity contribution in [2.45, 2.75) is 17.2 Å². The van der Waals surface area contributed by atoms with Crippen LogP contribution in [0.15, 0.2) is 20.1 Å². The van der Waals surface area contributed by atoms with Crippen molar-refractivity contribution in [1.29, 1.82) is 0 Å². The maximum atomic E-state index is 12.3. The molecule has 0 radical (unpaired) electrons. The summed E-state index contributed by atoms with van der Waals surface area (Å²) < 4.78 is 26.8. The third-order valence-corrected chi connectivity index (χ3v) is 6.62. The maximum Gasteiger partial charge on any atom is 0.253 e. The van der Waals surface area contributed by atoms with Gasteiger partial charge < -0.3 is 5.32 Å². The Balaban J connectivity index is 2.35. The van der Waals surface area contributed by atoms with Crippen molar-refractivity contribution < 1.29 is 13.2 Å². The van der Waals surface area contributed by atoms with E-state index in [9.17, 15) is 13.2 Å². The summed E-state index contributed by atoms with van der Waals surface area (Å²) in [6.45, 7) is 2.26. The number of sulfonamides is 1. The minimum atomic E-state index is -3.56. The number of rotatable bonds is 2. The molecule has 1 fully saturated rings. The fraction of sp³-hybridized carbons (Fsp3) is 0.444. The molecule has 1 aliphatic heterocycles. The zero-order valence-electron chi connectivity index (χ0n) is 9.01. The molecule has 0 aromatic carbocycles. The predicted octanol–water partition coefficient (Wildman–Crippen LogP) is 1.02. The number of carbonyl (C=O) groups is 1. The lowest BCUT2D eigenvalue weighted by atomic mass is 10.2. The normalized spacial score (nSPS) is 22.5. The molecule has 1 atom stereocenters. The molecule has 1 amide bonds. The second-order valence-corrected chi connectivity index (χ2v) is 8.22. The first-order chi connectivity index (χ1) is 7.93. The lowest BCUT2D eigenvalue weighted by molar-refractivity contribution is -0.126. The van der Waals surface area contributed by atoms with Crippen LogP contribution in [0.4, 0.5) is 0 Å². The zero-order valence-corrected chi connectivity index (χ0v) is 12.2. The average molecular weight is 339 g/mol. The lowest BCUT2D eigenvalue weighted by Crippen LogP contribution is -2.55. The second kappa shape index (κ2) is 4.68. The quantitative estimate of drug-likeness (QED) is 0.875. The van der Waals surface area contributed by atoms with Crippen LogP contribution in [0.5, 0.6) is 0 Å². The topological polar surface area (TPSA) is 66.5 Å². The van der Waals surface area contributed by atoms with E-state index in [-0.39, 0.29) is 10.1 Å². The molecular weight excluding hydrogens is 328 g/mol. The number of hydrogen-bond acceptors (Lipinski definition) is 4. The molecule has 1 aromatic heterocycles. The number of halogens is 1. The van der Waals surface area contributed by atoms with Crippen molar-refractivity contribution in [3.05, 3.63) is 15.9 Å². The van der Waals surface area contributed by atoms with Gasteiger partial charge in [-0.25, -0.2) is 8.42 Å². The van der Waals surface area contributed by atoms with Gasteiger partial charge in [0.15, 0.2) is 0 Å². The van der Waals surface area contributed by atoms with Crippen LogP contribution in [0, 0.1) is 0 Å². The van der Waals surface area contributed by atoms with Crippen LogP contribution in [0.25, 0.3) is 0 Å². The van der Waals surface area contributed by atoms with Crippen molar-refractivity contribution in [2.24, 2.45) is 0 Å². The van der Waals surface area contributed by atoms with E-state index in [1.165, 1.54) is 4.31 Å². The maximum absolute atomic E-state index is 12.3. The fourth-order valence-corrected chi connectivity index (χ4v) is 5.38. The van der Waals surface area contributed by atoms with Crippen LogP contribution in [-0.4, -0.2) is 37.8 Å². The van der Waals surface area contributed by atoms with Gasteiger partial charge in [-0.3, -0.25) is 4.79 Å². The highest BCUT2D eigenvalue weighted by Crippen LogP contribution is 2.29. The second-order valence-electron chi connectivity index (χ2n) is 3.64. The van der Waals surface area contributed by atoms with Gasteiger partial charge in [0, 0.05) is 13.1 Å². The minimum Gasteiger partial charge on any atom is -0.353 e. The molecule has 2 rings (SSSR count). The number of nitrogens with zero attached hydrogens (tertiary/aromatic N) is 1. The molecule has 0 aliphatic carbocycles. The van der Waals surface area contributed by atoms with Crippen molar-refractivity contribution >= 4 is 43.2 Å². The van der Waals surface area contributed by atoms with Gasteiger partial charge in [-0.1, -0.05) is 0 Å². The van der Waals surface area contributed by atoms with E-state index < -0.39 is 16.1 Å². The Bertz CT molecular complexity index is 540. The third-order valence-electron chi connectivity index (χ3n) is 2.55. The first kappa shape index (κ1) is 13.0. The highest BCUT2D eigenvalue weighted by molar-refractivity contribution is 9.11. The average Bonchev–Trinajstić information content (AvgIpc) is 2.69. The van der Waals surface area contributed by atoms with E-state index in [1.807, 2.05) is 0 Å². The Morgan fingerprint density at radius 1 is 1.53 bits per heavy atom. The molecule has 8 heteroatoms. The van der Waals surface area contributed by atoms with E-state index in [4.69, 9.17) is 0 Å². The van der Waals surface area contributed by atoms with Gasteiger partial charge in [-0.15, -0.1) is 11.3 Å². The Kier molecular flexibility index (Phi) is 3.58. The number of hydrogen-bond donors (Lipinski definition) is 1. The molecule has 17 heavy (non-hydrogen) atoms. The van der Waals surface area contributed by atoms with E-state index >= 15 is 0 Å². The van der Waals surface area contributed by atoms with Gasteiger partial charge in [0.25, 0.3) is 10.0 Å². The number of carbonyl (C=O) groups excluding carboxylic acids is 1. The Hall–Kier alpha value is -0.440. The predicted molar refractivity (Wildman–Crippen MR) is 68.4 cm³/mol. The van der Waals surface area contributed by atoms with Gasteiger partial charge in [-0.05, 0) is 35.0 Å². The van der Waals surface area contributed by atoms with E-state index in [0.29, 0.717) is 13.1 Å². The summed E-state index contributed by atoms with van der Waals surface area (Å²) >= 11 is 4.38. The minimum absolute atomic E-state index is 0.254. The largest absolute Gasteiger partial charge is 0.353 e. The monoisotopic (exact) mass is 338 g/mol. The molecule has 1 aromatic rings. The number of piperazine rings is 1. The van der Waals surface area contributed by atoms with Crippen LogP contribution >= 0.6 is 27.3 Å². The first-order valence-electron chi connectivity index (χ1n) is 4.98. The van der Waals surface area contributed by atoms with E-state index in [0.717, 1.165) is 15.1 Å². The molecule has 0 saturated carbocycles. The molecule has 1 aliphatic rings. The standard InChI is InChI=1S/C9H11BrN2O3S2/c1-6-9(13)11-4-5-12(6)17(14,15)8-3-2-7(10)16-8/h2-3,6H,4-5H2,1H3,(H,11,13). The number of amides is 1. The van der Waals surface area contributed by atoms with Crippen molar-refractivity contribution in [3.63, 3.8) is 0 Å². The molecule has 5 nitrogen and oxygen atoms in total. The van der Waals surface area contributed by atoms with Crippen molar-refractivity contribution in [2.75, 3.05) is 13.1 Å². The third kappa shape index (κ3) is 2.40. The van der Waals surface area contributed by atoms with Gasteiger partial charge in [0.05, 0.1) is 3.79 Å². The number of nitrogens with one attached hydrogen (secondary N) is 1. The van der Waals surface area contributed by atoms with Crippen LogP contribution in [-0.2, 0) is 14.8 Å². The molecule has 0 bridgehead atoms. The fourth-order valence-electron chi connectivity index (χ4n) is 1.64. The summed E-state index contributed by atoms with van der Waals surface area (Å²) in [6.07, 6.45) is 0. The molecule has 94 valence electrons. The molecule has 1 N–H and O–H groups in total. The zero-order chi connectivity index (χ0) is 12.6. The summed E-state index contributed by atoms with van der Waals surface area (Å²) in [5, 5.41) is 2.64. The summed E-state index contributed by atoms with van der Waals surface area (Å²) in [5.41, 5.74) is 0. The SMILES string of the molecule is CC1C(=O)NCCN1S(=O)(=O)c1ccc(Br)s1. The summed E-state index contributed by atoms with van der Waals surface area (Å²) in [7, 11) is -3.56. The van der Waals surface area contributed by atoms with E-state index in [2.05, 4.69) is 21.2 Å². The summed E-state index contributed by atoms with van der Waals surface area (Å²) in [4.78, 5) is 11.5. The van der Waals surface area contributed by atoms with Crippen LogP contribution in [0.2, 0.25) is 0 Å². The van der Waals surface area contributed by atoms with Gasteiger partial charge in [-0.2, -0.15) is 4.31 Å². The van der Waals surface area contributed by atoms with Gasteiger partial charge in [0.2, 0.25) is 5.91 Å². The summed E-state index contributed by atoms with van der Waals surface area (Å²) in [5.74, 6) is -0.254. The van der Waals surface area contributed by atoms with Crippen LogP contribution in [0.1, 0.15) is 6.92 Å². The molecule has 1 saturated heterocycles. The van der Waals surface area contributed by atoms with Crippen molar-refractivity contribution in [1.82, 2.24) is 9.62 Å². The molecule has 1 unspecified atom stereocenters. The van der Waals surface area contributed by atoms with Crippen molar-refractivity contribution in [3.8, 4) is 0 Å². The molecular formula is C9H11BrN2O3S2. The Morgan fingerprint density at radius 2 is 2.24 bits per heavy atom. The first-order valence-corrected chi connectivity index (χ1v) is 8.03. The smallest absolute Gasteiger partial charge is 0.253 e.